The highest BCUT2D eigenvalue weighted by Crippen LogP contribution is 2.17. The van der Waals surface area contributed by atoms with Crippen LogP contribution in [0.4, 0.5) is 0 Å². The van der Waals surface area contributed by atoms with Crippen LogP contribution in [0.3, 0.4) is 0 Å². The van der Waals surface area contributed by atoms with E-state index in [1.165, 1.54) is 6.92 Å². The Bertz CT molecular complexity index is 546. The molecule has 0 saturated heterocycles. The van der Waals surface area contributed by atoms with Gasteiger partial charge in [-0.1, -0.05) is 18.2 Å². The number of carbonyl (C=O) groups excluding carboxylic acids is 2. The van der Waals surface area contributed by atoms with Crippen molar-refractivity contribution in [2.24, 2.45) is 0 Å². The zero-order valence-corrected chi connectivity index (χ0v) is 8.23. The molecule has 0 fully saturated rings. The molecule has 2 aromatic rings. The van der Waals surface area contributed by atoms with Gasteiger partial charge in [-0.2, -0.15) is 0 Å². The third kappa shape index (κ3) is 1.64. The van der Waals surface area contributed by atoms with Gasteiger partial charge in [-0.15, -0.1) is 0 Å². The number of carbonyl (C=O) groups is 2. The van der Waals surface area contributed by atoms with E-state index in [0.717, 1.165) is 5.39 Å². The predicted octanol–water partition coefficient (Wildman–Crippen LogP) is 2.25. The SMILES string of the molecule is CC(=O)c1cccc2ccc(C=O)nc12. The number of aromatic nitrogens is 1. The second-order valence-corrected chi connectivity index (χ2v) is 3.29. The van der Waals surface area contributed by atoms with Gasteiger partial charge < -0.3 is 0 Å². The van der Waals surface area contributed by atoms with Crippen LogP contribution in [0.1, 0.15) is 27.8 Å². The number of benzene rings is 1. The third-order valence-electron chi connectivity index (χ3n) is 2.24. The van der Waals surface area contributed by atoms with E-state index in [0.29, 0.717) is 23.1 Å². The Hall–Kier alpha value is -2.03. The van der Waals surface area contributed by atoms with Gasteiger partial charge in [0.05, 0.1) is 5.52 Å². The zero-order valence-electron chi connectivity index (χ0n) is 8.23. The number of para-hydroxylation sites is 1. The smallest absolute Gasteiger partial charge is 0.168 e. The number of rotatable bonds is 2. The molecule has 2 rings (SSSR count). The summed E-state index contributed by atoms with van der Waals surface area (Å²) in [6.07, 6.45) is 0.677. The van der Waals surface area contributed by atoms with Gasteiger partial charge in [-0.05, 0) is 19.1 Å². The first-order valence-corrected chi connectivity index (χ1v) is 4.58. The first-order valence-electron chi connectivity index (χ1n) is 4.58. The van der Waals surface area contributed by atoms with Crippen molar-refractivity contribution in [1.82, 2.24) is 4.98 Å². The van der Waals surface area contributed by atoms with Crippen LogP contribution >= 0.6 is 0 Å². The molecule has 0 amide bonds. The molecule has 15 heavy (non-hydrogen) atoms. The molecule has 0 aliphatic heterocycles. The largest absolute Gasteiger partial charge is 0.296 e. The summed E-state index contributed by atoms with van der Waals surface area (Å²) in [6, 6.07) is 8.81. The maximum Gasteiger partial charge on any atom is 0.168 e. The third-order valence-corrected chi connectivity index (χ3v) is 2.24. The van der Waals surface area contributed by atoms with Crippen LogP contribution in [0.15, 0.2) is 30.3 Å². The molecule has 3 heteroatoms. The topological polar surface area (TPSA) is 47.0 Å². The van der Waals surface area contributed by atoms with Gasteiger partial charge in [-0.25, -0.2) is 4.98 Å². The zero-order chi connectivity index (χ0) is 10.8. The normalized spacial score (nSPS) is 10.2. The minimum Gasteiger partial charge on any atom is -0.296 e. The number of pyridine rings is 1. The summed E-state index contributed by atoms with van der Waals surface area (Å²) in [5.74, 6) is -0.0452. The van der Waals surface area contributed by atoms with Crippen LogP contribution in [0.25, 0.3) is 10.9 Å². The van der Waals surface area contributed by atoms with Crippen molar-refractivity contribution < 1.29 is 9.59 Å². The molecule has 0 unspecified atom stereocenters. The molecule has 0 bridgehead atoms. The Kier molecular flexibility index (Phi) is 2.29. The summed E-state index contributed by atoms with van der Waals surface area (Å²) < 4.78 is 0. The minimum atomic E-state index is -0.0452. The molecule has 0 atom stereocenters. The van der Waals surface area contributed by atoms with Gasteiger partial charge in [0.1, 0.15) is 5.69 Å². The van der Waals surface area contributed by atoms with Crippen LogP contribution in [0.5, 0.6) is 0 Å². The van der Waals surface area contributed by atoms with E-state index in [9.17, 15) is 9.59 Å². The summed E-state index contributed by atoms with van der Waals surface area (Å²) in [5, 5.41) is 0.869. The molecule has 1 aromatic carbocycles. The Morgan fingerprint density at radius 1 is 1.27 bits per heavy atom. The molecule has 3 nitrogen and oxygen atoms in total. The van der Waals surface area contributed by atoms with Crippen LogP contribution in [0.2, 0.25) is 0 Å². The average molecular weight is 199 g/mol. The van der Waals surface area contributed by atoms with Crippen molar-refractivity contribution in [3.8, 4) is 0 Å². The molecular formula is C12H9NO2. The van der Waals surface area contributed by atoms with Crippen LogP contribution < -0.4 is 0 Å². The molecular weight excluding hydrogens is 190 g/mol. The maximum atomic E-state index is 11.3. The van der Waals surface area contributed by atoms with Crippen molar-refractivity contribution in [3.63, 3.8) is 0 Å². The van der Waals surface area contributed by atoms with Crippen molar-refractivity contribution in [3.05, 3.63) is 41.6 Å². The molecule has 0 aliphatic rings. The molecule has 0 N–H and O–H groups in total. The molecule has 0 radical (unpaired) electrons. The fourth-order valence-corrected chi connectivity index (χ4v) is 1.51. The van der Waals surface area contributed by atoms with Crippen molar-refractivity contribution >= 4 is 23.0 Å². The summed E-state index contributed by atoms with van der Waals surface area (Å²) in [6.45, 7) is 1.49. The predicted molar refractivity (Wildman–Crippen MR) is 57.1 cm³/mol. The number of Topliss-reactive ketones (excluding diaryl/α,β-unsaturated/α-hetero) is 1. The molecule has 0 saturated carbocycles. The summed E-state index contributed by atoms with van der Waals surface area (Å²) in [5.41, 5.74) is 1.49. The van der Waals surface area contributed by atoms with E-state index in [-0.39, 0.29) is 5.78 Å². The van der Waals surface area contributed by atoms with Gasteiger partial charge in [0.15, 0.2) is 12.1 Å². The Morgan fingerprint density at radius 3 is 2.73 bits per heavy atom. The summed E-state index contributed by atoms with van der Waals surface area (Å²) >= 11 is 0. The highest BCUT2D eigenvalue weighted by Gasteiger charge is 2.06. The summed E-state index contributed by atoms with van der Waals surface area (Å²) in [4.78, 5) is 26.0. The van der Waals surface area contributed by atoms with Crippen LogP contribution in [-0.4, -0.2) is 17.1 Å². The van der Waals surface area contributed by atoms with E-state index < -0.39 is 0 Å². The van der Waals surface area contributed by atoms with Crippen molar-refractivity contribution in [1.29, 1.82) is 0 Å². The van der Waals surface area contributed by atoms with Gasteiger partial charge >= 0.3 is 0 Å². The Balaban J connectivity index is 2.81. The maximum absolute atomic E-state index is 11.3. The first kappa shape index (κ1) is 9.52. The Morgan fingerprint density at radius 2 is 2.07 bits per heavy atom. The van der Waals surface area contributed by atoms with E-state index in [4.69, 9.17) is 0 Å². The molecule has 0 aliphatic carbocycles. The number of fused-ring (bicyclic) bond motifs is 1. The molecule has 1 aromatic heterocycles. The fourth-order valence-electron chi connectivity index (χ4n) is 1.51. The van der Waals surface area contributed by atoms with Gasteiger partial charge in [0, 0.05) is 10.9 Å². The van der Waals surface area contributed by atoms with E-state index in [1.54, 1.807) is 24.3 Å². The lowest BCUT2D eigenvalue weighted by Crippen LogP contribution is -1.97. The lowest BCUT2D eigenvalue weighted by molar-refractivity contribution is 0.101. The van der Waals surface area contributed by atoms with Crippen LogP contribution in [-0.2, 0) is 0 Å². The first-order chi connectivity index (χ1) is 7.22. The Labute approximate surface area is 86.8 Å². The number of nitrogens with zero attached hydrogens (tertiary/aromatic N) is 1. The van der Waals surface area contributed by atoms with E-state index in [2.05, 4.69) is 4.98 Å². The lowest BCUT2D eigenvalue weighted by Gasteiger charge is -2.02. The standard InChI is InChI=1S/C12H9NO2/c1-8(15)11-4-2-3-9-5-6-10(7-14)13-12(9)11/h2-7H,1H3. The highest BCUT2D eigenvalue weighted by molar-refractivity contribution is 6.05. The van der Waals surface area contributed by atoms with Crippen LogP contribution in [0, 0.1) is 0 Å². The fraction of sp³-hybridized carbons (Fsp3) is 0.0833. The van der Waals surface area contributed by atoms with Crippen molar-refractivity contribution in [2.45, 2.75) is 6.92 Å². The quantitative estimate of drug-likeness (QED) is 0.550. The minimum absolute atomic E-state index is 0.0452. The number of aldehydes is 1. The lowest BCUT2D eigenvalue weighted by atomic mass is 10.1. The number of ketones is 1. The van der Waals surface area contributed by atoms with Gasteiger partial charge in [0.2, 0.25) is 0 Å². The second kappa shape index (κ2) is 3.61. The summed E-state index contributed by atoms with van der Waals surface area (Å²) in [7, 11) is 0. The second-order valence-electron chi connectivity index (χ2n) is 3.29. The van der Waals surface area contributed by atoms with E-state index in [1.807, 2.05) is 6.07 Å². The molecule has 1 heterocycles. The highest BCUT2D eigenvalue weighted by atomic mass is 16.1. The van der Waals surface area contributed by atoms with E-state index >= 15 is 0 Å². The number of hydrogen-bond donors (Lipinski definition) is 0. The average Bonchev–Trinajstić information content (AvgIpc) is 2.27. The number of hydrogen-bond acceptors (Lipinski definition) is 3. The van der Waals surface area contributed by atoms with Crippen molar-refractivity contribution in [2.75, 3.05) is 0 Å². The van der Waals surface area contributed by atoms with Gasteiger partial charge in [0.25, 0.3) is 0 Å². The monoisotopic (exact) mass is 199 g/mol. The molecule has 0 spiro atoms. The van der Waals surface area contributed by atoms with Gasteiger partial charge in [-0.3, -0.25) is 9.59 Å². The molecule has 74 valence electrons.